The Morgan fingerprint density at radius 2 is 1.45 bits per heavy atom. The van der Waals surface area contributed by atoms with Crippen molar-refractivity contribution in [3.63, 3.8) is 0 Å². The first kappa shape index (κ1) is 40.4. The van der Waals surface area contributed by atoms with Crippen LogP contribution in [0.4, 0.5) is 10.5 Å². The van der Waals surface area contributed by atoms with Crippen molar-refractivity contribution in [3.8, 4) is 11.5 Å². The molecule has 2 aromatic rings. The number of aryl methyl sites for hydroxylation is 1. The number of nitrogens with one attached hydrogen (secondary N) is 2. The van der Waals surface area contributed by atoms with E-state index in [2.05, 4.69) is 10.6 Å². The maximum absolute atomic E-state index is 13.0. The van der Waals surface area contributed by atoms with Crippen LogP contribution < -0.4 is 15.4 Å². The van der Waals surface area contributed by atoms with E-state index < -0.39 is 59.2 Å². The number of carbonyl (C=O) groups is 5. The third kappa shape index (κ3) is 15.3. The predicted molar refractivity (Wildman–Crippen MR) is 182 cm³/mol. The van der Waals surface area contributed by atoms with Gasteiger partial charge in [0.05, 0.1) is 13.0 Å². The molecule has 0 saturated carbocycles. The second-order valence-electron chi connectivity index (χ2n) is 14.5. The fourth-order valence-electron chi connectivity index (χ4n) is 4.52. The van der Waals surface area contributed by atoms with Gasteiger partial charge < -0.3 is 34.5 Å². The van der Waals surface area contributed by atoms with Gasteiger partial charge in [-0.2, -0.15) is 0 Å². The Bertz CT molecular complexity index is 1500. The highest BCUT2D eigenvalue weighted by Gasteiger charge is 2.31. The molecular formula is C36H50N2O11. The Labute approximate surface area is 287 Å². The maximum atomic E-state index is 13.0. The maximum Gasteiger partial charge on any atom is 0.412 e. The van der Waals surface area contributed by atoms with Gasteiger partial charge in [0.15, 0.2) is 0 Å². The highest BCUT2D eigenvalue weighted by atomic mass is 16.6. The SMILES string of the molecule is CC(C)(C)OC(=O)C[C@H](NC(=O)CCc1cccc(O)c1CCCOc1cc(NC(=O)OC(C)(C)C)ccc1C(=O)O)C(=O)OC(C)(C)C. The summed E-state index contributed by atoms with van der Waals surface area (Å²) in [7, 11) is 0. The van der Waals surface area contributed by atoms with E-state index in [1.54, 1.807) is 74.4 Å². The molecule has 2 aromatic carbocycles. The summed E-state index contributed by atoms with van der Waals surface area (Å²) in [4.78, 5) is 62.3. The lowest BCUT2D eigenvalue weighted by Gasteiger charge is -2.25. The van der Waals surface area contributed by atoms with Crippen LogP contribution in [0.3, 0.4) is 0 Å². The number of carboxylic acid groups (broad SMARTS) is 1. The summed E-state index contributed by atoms with van der Waals surface area (Å²) < 4.78 is 21.8. The second-order valence-corrected chi connectivity index (χ2v) is 14.5. The van der Waals surface area contributed by atoms with Gasteiger partial charge >= 0.3 is 24.0 Å². The number of carbonyl (C=O) groups excluding carboxylic acids is 4. The zero-order valence-electron chi connectivity index (χ0n) is 29.9. The first-order valence-corrected chi connectivity index (χ1v) is 16.1. The van der Waals surface area contributed by atoms with Crippen LogP contribution in [-0.4, -0.2) is 69.6 Å². The predicted octanol–water partition coefficient (Wildman–Crippen LogP) is 5.94. The Morgan fingerprint density at radius 3 is 2.04 bits per heavy atom. The minimum absolute atomic E-state index is 0.0178. The number of ether oxygens (including phenoxy) is 4. The zero-order chi connectivity index (χ0) is 37.2. The number of benzene rings is 2. The van der Waals surface area contributed by atoms with Crippen LogP contribution >= 0.6 is 0 Å². The van der Waals surface area contributed by atoms with E-state index in [1.165, 1.54) is 24.3 Å². The van der Waals surface area contributed by atoms with Crippen molar-refractivity contribution < 1.29 is 53.1 Å². The molecule has 2 amide bonds. The molecule has 4 N–H and O–H groups in total. The number of carboxylic acids is 1. The summed E-state index contributed by atoms with van der Waals surface area (Å²) >= 11 is 0. The number of phenols is 1. The molecule has 0 aliphatic rings. The molecule has 0 heterocycles. The van der Waals surface area contributed by atoms with Crippen LogP contribution in [-0.2, 0) is 41.4 Å². The van der Waals surface area contributed by atoms with Crippen LogP contribution in [0.15, 0.2) is 36.4 Å². The van der Waals surface area contributed by atoms with E-state index in [0.717, 1.165) is 0 Å². The first-order chi connectivity index (χ1) is 22.5. The van der Waals surface area contributed by atoms with Gasteiger partial charge in [0.1, 0.15) is 39.9 Å². The summed E-state index contributed by atoms with van der Waals surface area (Å²) in [6.07, 6.45) is -0.243. The lowest BCUT2D eigenvalue weighted by atomic mass is 9.98. The average molecular weight is 687 g/mol. The van der Waals surface area contributed by atoms with Crippen LogP contribution in [0.1, 0.15) is 103 Å². The van der Waals surface area contributed by atoms with Gasteiger partial charge in [-0.3, -0.25) is 14.9 Å². The molecular weight excluding hydrogens is 636 g/mol. The number of hydrogen-bond acceptors (Lipinski definition) is 10. The molecule has 13 nitrogen and oxygen atoms in total. The lowest BCUT2D eigenvalue weighted by molar-refractivity contribution is -0.165. The molecule has 0 aliphatic carbocycles. The monoisotopic (exact) mass is 686 g/mol. The molecule has 13 heteroatoms. The second kappa shape index (κ2) is 17.0. The number of rotatable bonds is 14. The minimum Gasteiger partial charge on any atom is -0.508 e. The molecule has 0 fully saturated rings. The number of phenolic OH excluding ortho intramolecular Hbond substituents is 1. The van der Waals surface area contributed by atoms with Gasteiger partial charge in [0.2, 0.25) is 5.91 Å². The van der Waals surface area contributed by atoms with Crippen LogP contribution in [0, 0.1) is 0 Å². The molecule has 0 bridgehead atoms. The summed E-state index contributed by atoms with van der Waals surface area (Å²) in [6, 6.07) is 7.82. The Morgan fingerprint density at radius 1 is 0.816 bits per heavy atom. The molecule has 49 heavy (non-hydrogen) atoms. The van der Waals surface area contributed by atoms with E-state index in [-0.39, 0.29) is 42.2 Å². The molecule has 0 aliphatic heterocycles. The van der Waals surface area contributed by atoms with Gasteiger partial charge in [0, 0.05) is 18.2 Å². The number of aromatic carboxylic acids is 1. The largest absolute Gasteiger partial charge is 0.508 e. The quantitative estimate of drug-likeness (QED) is 0.105. The topological polar surface area (TPSA) is 187 Å². The number of aromatic hydroxyl groups is 1. The molecule has 0 aromatic heterocycles. The molecule has 1 atom stereocenters. The summed E-state index contributed by atoms with van der Waals surface area (Å²) in [5, 5.41) is 25.4. The van der Waals surface area contributed by atoms with Crippen molar-refractivity contribution >= 4 is 35.6 Å². The number of amides is 2. The highest BCUT2D eigenvalue weighted by Crippen LogP contribution is 2.27. The normalized spacial score (nSPS) is 12.3. The van der Waals surface area contributed by atoms with Gasteiger partial charge in [-0.1, -0.05) is 12.1 Å². The lowest BCUT2D eigenvalue weighted by Crippen LogP contribution is -2.46. The Hall–Kier alpha value is -4.81. The molecule has 0 saturated heterocycles. The zero-order valence-corrected chi connectivity index (χ0v) is 29.9. The van der Waals surface area contributed by atoms with E-state index in [4.69, 9.17) is 18.9 Å². The van der Waals surface area contributed by atoms with Crippen molar-refractivity contribution in [2.45, 2.75) is 117 Å². The number of hydrogen-bond donors (Lipinski definition) is 4. The smallest absolute Gasteiger partial charge is 0.412 e. The highest BCUT2D eigenvalue weighted by molar-refractivity contribution is 5.93. The van der Waals surface area contributed by atoms with Crippen molar-refractivity contribution in [2.75, 3.05) is 11.9 Å². The van der Waals surface area contributed by atoms with E-state index >= 15 is 0 Å². The van der Waals surface area contributed by atoms with Crippen LogP contribution in [0.2, 0.25) is 0 Å². The van der Waals surface area contributed by atoms with E-state index in [1.807, 2.05) is 0 Å². The van der Waals surface area contributed by atoms with Crippen molar-refractivity contribution in [2.24, 2.45) is 0 Å². The van der Waals surface area contributed by atoms with E-state index in [0.29, 0.717) is 24.0 Å². The standard InChI is InChI=1S/C36H50N2O11/c1-34(2,3)47-30(41)21-26(32(44)48-35(4,5)6)38-29(40)18-15-22-12-10-14-27(39)24(22)13-11-19-46-28-20-23(16-17-25(28)31(42)43)37-33(45)49-36(7,8)9/h10,12,14,16-17,20,26,39H,11,13,15,18-19,21H2,1-9H3,(H,37,45)(H,38,40)(H,42,43)/t26-/m0/s1. The van der Waals surface area contributed by atoms with Crippen molar-refractivity contribution in [3.05, 3.63) is 53.1 Å². The fraction of sp³-hybridized carbons (Fsp3) is 0.528. The molecule has 270 valence electrons. The van der Waals surface area contributed by atoms with Crippen LogP contribution in [0.25, 0.3) is 0 Å². The summed E-state index contributed by atoms with van der Waals surface area (Å²) in [5.41, 5.74) is -0.890. The molecule has 2 rings (SSSR count). The van der Waals surface area contributed by atoms with Gasteiger partial charge in [-0.25, -0.2) is 14.4 Å². The van der Waals surface area contributed by atoms with Crippen molar-refractivity contribution in [1.29, 1.82) is 0 Å². The van der Waals surface area contributed by atoms with E-state index in [9.17, 15) is 34.2 Å². The van der Waals surface area contributed by atoms with Crippen LogP contribution in [0.5, 0.6) is 11.5 Å². The van der Waals surface area contributed by atoms with Gasteiger partial charge in [-0.05, 0) is 111 Å². The van der Waals surface area contributed by atoms with Crippen molar-refractivity contribution in [1.82, 2.24) is 5.32 Å². The summed E-state index contributed by atoms with van der Waals surface area (Å²) in [6.45, 7) is 15.4. The third-order valence-corrected chi connectivity index (χ3v) is 6.37. The van der Waals surface area contributed by atoms with Gasteiger partial charge in [-0.15, -0.1) is 0 Å². The Balaban J connectivity index is 2.07. The molecule has 0 radical (unpaired) electrons. The van der Waals surface area contributed by atoms with Gasteiger partial charge in [0.25, 0.3) is 0 Å². The fourth-order valence-corrected chi connectivity index (χ4v) is 4.52. The minimum atomic E-state index is -1.25. The summed E-state index contributed by atoms with van der Waals surface area (Å²) in [5.74, 6) is -3.08. The number of anilines is 1. The third-order valence-electron chi connectivity index (χ3n) is 6.37. The first-order valence-electron chi connectivity index (χ1n) is 16.1. The Kier molecular flexibility index (Phi) is 14.0. The molecule has 0 spiro atoms. The molecule has 0 unspecified atom stereocenters. The average Bonchev–Trinajstić information content (AvgIpc) is 2.91. The number of esters is 2.